The molecule has 0 atom stereocenters. The first-order valence-corrected chi connectivity index (χ1v) is 7.69. The first-order chi connectivity index (χ1) is 11.9. The molecule has 2 N–H and O–H groups in total. The highest BCUT2D eigenvalue weighted by Crippen LogP contribution is 2.31. The van der Waals surface area contributed by atoms with E-state index in [4.69, 9.17) is 10.5 Å². The number of ether oxygens (including phenoxy) is 1. The normalized spacial score (nSPS) is 11.8. The molecule has 0 aliphatic carbocycles. The highest BCUT2D eigenvalue weighted by atomic mass is 19.4. The SMILES string of the molecule is CCOCc1cnc(N)c2nc(-c3ccc(C(F)(F)F)cc3)ccc12. The van der Waals surface area contributed by atoms with Gasteiger partial charge in [-0.2, -0.15) is 13.2 Å². The Morgan fingerprint density at radius 3 is 2.44 bits per heavy atom. The summed E-state index contributed by atoms with van der Waals surface area (Å²) in [6.45, 7) is 2.86. The van der Waals surface area contributed by atoms with Crippen molar-refractivity contribution < 1.29 is 17.9 Å². The lowest BCUT2D eigenvalue weighted by Crippen LogP contribution is -2.04. The van der Waals surface area contributed by atoms with Crippen LogP contribution in [-0.2, 0) is 17.5 Å². The van der Waals surface area contributed by atoms with Crippen LogP contribution in [0.2, 0.25) is 0 Å². The standard InChI is InChI=1S/C18H16F3N3O/c1-2-25-10-12-9-23-17(22)16-14(12)7-8-15(24-16)11-3-5-13(6-4-11)18(19,20)21/h3-9H,2,10H2,1H3,(H2,22,23). The highest BCUT2D eigenvalue weighted by Gasteiger charge is 2.30. The van der Waals surface area contributed by atoms with Gasteiger partial charge < -0.3 is 10.5 Å². The van der Waals surface area contributed by atoms with Gasteiger partial charge in [0.15, 0.2) is 0 Å². The number of pyridine rings is 2. The van der Waals surface area contributed by atoms with Crippen molar-refractivity contribution in [2.45, 2.75) is 19.7 Å². The van der Waals surface area contributed by atoms with Crippen LogP contribution in [0.3, 0.4) is 0 Å². The van der Waals surface area contributed by atoms with Crippen molar-refractivity contribution in [3.63, 3.8) is 0 Å². The van der Waals surface area contributed by atoms with Gasteiger partial charge in [0.2, 0.25) is 0 Å². The molecule has 0 saturated heterocycles. The molecule has 0 radical (unpaired) electrons. The van der Waals surface area contributed by atoms with Gasteiger partial charge in [0.05, 0.1) is 17.9 Å². The molecule has 3 rings (SSSR count). The molecule has 0 aliphatic rings. The molecule has 2 aromatic heterocycles. The fraction of sp³-hybridized carbons (Fsp3) is 0.222. The summed E-state index contributed by atoms with van der Waals surface area (Å²) < 4.78 is 43.4. The Labute approximate surface area is 142 Å². The first kappa shape index (κ1) is 17.2. The van der Waals surface area contributed by atoms with Crippen LogP contribution >= 0.6 is 0 Å². The van der Waals surface area contributed by atoms with Crippen LogP contribution in [0.1, 0.15) is 18.1 Å². The van der Waals surface area contributed by atoms with E-state index in [-0.39, 0.29) is 5.82 Å². The molecule has 0 saturated carbocycles. The van der Waals surface area contributed by atoms with Crippen molar-refractivity contribution in [3.8, 4) is 11.3 Å². The maximum atomic E-state index is 12.7. The molecule has 0 aliphatic heterocycles. The molecule has 1 aromatic carbocycles. The van der Waals surface area contributed by atoms with E-state index in [0.29, 0.717) is 30.0 Å². The summed E-state index contributed by atoms with van der Waals surface area (Å²) in [4.78, 5) is 8.61. The third-order valence-corrected chi connectivity index (χ3v) is 3.81. The lowest BCUT2D eigenvalue weighted by Gasteiger charge is -2.10. The van der Waals surface area contributed by atoms with Gasteiger partial charge in [0, 0.05) is 29.3 Å². The van der Waals surface area contributed by atoms with Crippen molar-refractivity contribution >= 4 is 16.7 Å². The smallest absolute Gasteiger partial charge is 0.382 e. The maximum Gasteiger partial charge on any atom is 0.416 e. The number of fused-ring (bicyclic) bond motifs is 1. The van der Waals surface area contributed by atoms with E-state index >= 15 is 0 Å². The van der Waals surface area contributed by atoms with Crippen LogP contribution in [-0.4, -0.2) is 16.6 Å². The largest absolute Gasteiger partial charge is 0.416 e. The lowest BCUT2D eigenvalue weighted by atomic mass is 10.1. The minimum atomic E-state index is -4.36. The first-order valence-electron chi connectivity index (χ1n) is 7.69. The highest BCUT2D eigenvalue weighted by molar-refractivity contribution is 5.91. The summed E-state index contributed by atoms with van der Waals surface area (Å²) >= 11 is 0. The number of rotatable bonds is 4. The van der Waals surface area contributed by atoms with E-state index in [2.05, 4.69) is 9.97 Å². The number of nitrogen functional groups attached to an aromatic ring is 1. The minimum Gasteiger partial charge on any atom is -0.382 e. The second-order valence-electron chi connectivity index (χ2n) is 5.47. The topological polar surface area (TPSA) is 61.0 Å². The number of benzene rings is 1. The Morgan fingerprint density at radius 1 is 1.08 bits per heavy atom. The molecule has 7 heteroatoms. The van der Waals surface area contributed by atoms with Crippen molar-refractivity contribution in [2.24, 2.45) is 0 Å². The second kappa shape index (κ2) is 6.68. The number of nitrogens with two attached hydrogens (primary N) is 1. The van der Waals surface area contributed by atoms with Crippen LogP contribution < -0.4 is 5.73 Å². The third kappa shape index (κ3) is 3.56. The van der Waals surface area contributed by atoms with Crippen LogP contribution in [0, 0.1) is 0 Å². The predicted molar refractivity (Wildman–Crippen MR) is 89.7 cm³/mol. The van der Waals surface area contributed by atoms with Gasteiger partial charge in [-0.05, 0) is 25.1 Å². The van der Waals surface area contributed by atoms with Gasteiger partial charge in [-0.25, -0.2) is 9.97 Å². The average Bonchev–Trinajstić information content (AvgIpc) is 2.60. The van der Waals surface area contributed by atoms with Gasteiger partial charge in [0.25, 0.3) is 0 Å². The van der Waals surface area contributed by atoms with E-state index < -0.39 is 11.7 Å². The Kier molecular flexibility index (Phi) is 4.59. The molecule has 0 unspecified atom stereocenters. The van der Waals surface area contributed by atoms with Crippen molar-refractivity contribution in [2.75, 3.05) is 12.3 Å². The Balaban J connectivity index is 2.02. The van der Waals surface area contributed by atoms with E-state index in [1.54, 1.807) is 12.3 Å². The Morgan fingerprint density at radius 2 is 1.80 bits per heavy atom. The van der Waals surface area contributed by atoms with Crippen molar-refractivity contribution in [1.82, 2.24) is 9.97 Å². The summed E-state index contributed by atoms with van der Waals surface area (Å²) in [6.07, 6.45) is -2.72. The summed E-state index contributed by atoms with van der Waals surface area (Å²) in [6, 6.07) is 8.44. The number of halogens is 3. The molecule has 4 nitrogen and oxygen atoms in total. The molecule has 25 heavy (non-hydrogen) atoms. The van der Waals surface area contributed by atoms with Crippen molar-refractivity contribution in [1.29, 1.82) is 0 Å². The number of nitrogens with zero attached hydrogens (tertiary/aromatic N) is 2. The van der Waals surface area contributed by atoms with E-state index in [9.17, 15) is 13.2 Å². The lowest BCUT2D eigenvalue weighted by molar-refractivity contribution is -0.137. The summed E-state index contributed by atoms with van der Waals surface area (Å²) in [5.41, 5.74) is 7.69. The summed E-state index contributed by atoms with van der Waals surface area (Å²) in [5, 5.41) is 0.816. The zero-order chi connectivity index (χ0) is 18.0. The fourth-order valence-electron chi connectivity index (χ4n) is 2.51. The zero-order valence-electron chi connectivity index (χ0n) is 13.5. The zero-order valence-corrected chi connectivity index (χ0v) is 13.5. The van der Waals surface area contributed by atoms with Crippen molar-refractivity contribution in [3.05, 3.63) is 53.7 Å². The molecule has 3 aromatic rings. The second-order valence-corrected chi connectivity index (χ2v) is 5.47. The molecular formula is C18H16F3N3O. The van der Waals surface area contributed by atoms with Gasteiger partial charge in [-0.1, -0.05) is 18.2 Å². The van der Waals surface area contributed by atoms with Gasteiger partial charge in [-0.3, -0.25) is 0 Å². The molecule has 2 heterocycles. The number of alkyl halides is 3. The number of hydrogen-bond donors (Lipinski definition) is 1. The van der Waals surface area contributed by atoms with E-state index in [1.165, 1.54) is 12.1 Å². The quantitative estimate of drug-likeness (QED) is 0.758. The molecule has 130 valence electrons. The van der Waals surface area contributed by atoms with Crippen LogP contribution in [0.4, 0.5) is 19.0 Å². The molecule has 0 spiro atoms. The van der Waals surface area contributed by atoms with Gasteiger partial charge >= 0.3 is 6.18 Å². The Bertz CT molecular complexity index is 892. The molecule has 0 bridgehead atoms. The van der Waals surface area contributed by atoms with Crippen LogP contribution in [0.25, 0.3) is 22.2 Å². The van der Waals surface area contributed by atoms with Gasteiger partial charge in [-0.15, -0.1) is 0 Å². The van der Waals surface area contributed by atoms with E-state index in [0.717, 1.165) is 23.1 Å². The van der Waals surface area contributed by atoms with Gasteiger partial charge in [0.1, 0.15) is 11.3 Å². The summed E-state index contributed by atoms with van der Waals surface area (Å²) in [5.74, 6) is 0.268. The number of anilines is 1. The Hall–Kier alpha value is -2.67. The number of aromatic nitrogens is 2. The average molecular weight is 347 g/mol. The molecule has 0 amide bonds. The molecular weight excluding hydrogens is 331 g/mol. The van der Waals surface area contributed by atoms with Crippen LogP contribution in [0.15, 0.2) is 42.6 Å². The number of hydrogen-bond acceptors (Lipinski definition) is 4. The monoisotopic (exact) mass is 347 g/mol. The minimum absolute atomic E-state index is 0.268. The fourth-order valence-corrected chi connectivity index (χ4v) is 2.51. The van der Waals surface area contributed by atoms with E-state index in [1.807, 2.05) is 13.0 Å². The maximum absolute atomic E-state index is 12.7. The third-order valence-electron chi connectivity index (χ3n) is 3.81. The predicted octanol–water partition coefficient (Wildman–Crippen LogP) is 4.43. The van der Waals surface area contributed by atoms with Crippen LogP contribution in [0.5, 0.6) is 0 Å². The summed E-state index contributed by atoms with van der Waals surface area (Å²) in [7, 11) is 0. The molecule has 0 fully saturated rings.